The molecule has 0 fully saturated rings. The van der Waals surface area contributed by atoms with Crippen LogP contribution in [0.4, 0.5) is 9.59 Å². The standard InChI is InChI=1S/C20H28N4O3S.C7H8.3H2/c1-15(2)23-19(25)24-17(11-16-7-4-3-5-8-16)9-6-10-22-20(26)27-13-18-12-21-14-28-18;1-7-5-3-2-4-6-7;;;/h3-5,7-8,12,14-15,17H,6,9-11,13H2,1-2H3,(H,22,26)(H2,23,24,25);2-6H,1H3;3*1H/t17-;;;;/m1..../s1. The number of nitrogens with one attached hydrogen (secondary N) is 3. The highest BCUT2D eigenvalue weighted by atomic mass is 32.1. The van der Waals surface area contributed by atoms with E-state index in [1.165, 1.54) is 16.9 Å². The van der Waals surface area contributed by atoms with Gasteiger partial charge in [0.25, 0.3) is 0 Å². The minimum atomic E-state index is -0.446. The Balaban J connectivity index is 0. The van der Waals surface area contributed by atoms with E-state index in [9.17, 15) is 9.59 Å². The molecule has 0 unspecified atom stereocenters. The number of thiazole rings is 1. The number of nitrogens with zero attached hydrogens (tertiary/aromatic N) is 1. The summed E-state index contributed by atoms with van der Waals surface area (Å²) in [6.45, 7) is 6.64. The zero-order chi connectivity index (χ0) is 25.3. The molecule has 7 nitrogen and oxygen atoms in total. The second-order valence-electron chi connectivity index (χ2n) is 8.43. The van der Waals surface area contributed by atoms with Crippen LogP contribution in [0.1, 0.15) is 47.0 Å². The Morgan fingerprint density at radius 3 is 2.29 bits per heavy atom. The summed E-state index contributed by atoms with van der Waals surface area (Å²) in [7, 11) is 0. The number of rotatable bonds is 10. The molecule has 35 heavy (non-hydrogen) atoms. The van der Waals surface area contributed by atoms with Crippen molar-refractivity contribution in [3.8, 4) is 0 Å². The Morgan fingerprint density at radius 1 is 1.03 bits per heavy atom. The van der Waals surface area contributed by atoms with Crippen molar-refractivity contribution >= 4 is 23.5 Å². The Bertz CT molecular complexity index is 982. The molecule has 0 saturated carbocycles. The zero-order valence-corrected chi connectivity index (χ0v) is 21.5. The molecule has 0 aliphatic heterocycles. The molecule has 1 heterocycles. The molecule has 0 saturated heterocycles. The second-order valence-corrected chi connectivity index (χ2v) is 9.40. The van der Waals surface area contributed by atoms with Crippen LogP contribution in [-0.4, -0.2) is 35.7 Å². The Kier molecular flexibility index (Phi) is 12.9. The van der Waals surface area contributed by atoms with Crippen molar-refractivity contribution in [1.82, 2.24) is 20.9 Å². The average Bonchev–Trinajstić information content (AvgIpc) is 3.35. The van der Waals surface area contributed by atoms with E-state index in [0.717, 1.165) is 29.7 Å². The van der Waals surface area contributed by atoms with E-state index < -0.39 is 6.09 Å². The van der Waals surface area contributed by atoms with Crippen molar-refractivity contribution in [2.75, 3.05) is 6.54 Å². The number of alkyl carbamates (subject to hydrolysis) is 1. The Hall–Kier alpha value is -3.39. The maximum atomic E-state index is 12.1. The van der Waals surface area contributed by atoms with Gasteiger partial charge in [-0.2, -0.15) is 0 Å². The van der Waals surface area contributed by atoms with Gasteiger partial charge in [0.1, 0.15) is 6.61 Å². The van der Waals surface area contributed by atoms with Crippen LogP contribution in [0.2, 0.25) is 0 Å². The van der Waals surface area contributed by atoms with Crippen molar-refractivity contribution in [2.45, 2.75) is 58.7 Å². The molecular formula is C27H42N4O3S. The van der Waals surface area contributed by atoms with Gasteiger partial charge >= 0.3 is 12.1 Å². The molecule has 3 aromatic rings. The van der Waals surface area contributed by atoms with E-state index in [2.05, 4.69) is 40.0 Å². The van der Waals surface area contributed by atoms with Crippen LogP contribution in [0.3, 0.4) is 0 Å². The van der Waals surface area contributed by atoms with E-state index >= 15 is 0 Å². The van der Waals surface area contributed by atoms with Crippen molar-refractivity contribution in [1.29, 1.82) is 0 Å². The third-order valence-electron chi connectivity index (χ3n) is 4.85. The number of hydrogen-bond donors (Lipinski definition) is 3. The fraction of sp³-hybridized carbons (Fsp3) is 0.370. The van der Waals surface area contributed by atoms with E-state index in [1.54, 1.807) is 11.7 Å². The summed E-state index contributed by atoms with van der Waals surface area (Å²) in [6, 6.07) is 20.2. The number of carbonyl (C=O) groups is 2. The first-order chi connectivity index (χ1) is 16.9. The average molecular weight is 503 g/mol. The van der Waals surface area contributed by atoms with Gasteiger partial charge in [-0.3, -0.25) is 4.98 Å². The van der Waals surface area contributed by atoms with Crippen molar-refractivity contribution in [3.05, 3.63) is 88.4 Å². The number of urea groups is 1. The van der Waals surface area contributed by atoms with Gasteiger partial charge in [-0.15, -0.1) is 11.3 Å². The van der Waals surface area contributed by atoms with Crippen LogP contribution in [0.15, 0.2) is 72.4 Å². The third-order valence-corrected chi connectivity index (χ3v) is 5.60. The lowest BCUT2D eigenvalue weighted by atomic mass is 10.0. The Labute approximate surface area is 216 Å². The summed E-state index contributed by atoms with van der Waals surface area (Å²) in [5.74, 6) is 0. The number of hydrogen-bond acceptors (Lipinski definition) is 5. The first-order valence-corrected chi connectivity index (χ1v) is 12.7. The minimum Gasteiger partial charge on any atom is -0.444 e. The lowest BCUT2D eigenvalue weighted by Crippen LogP contribution is -2.45. The fourth-order valence-corrected chi connectivity index (χ4v) is 3.69. The maximum Gasteiger partial charge on any atom is 0.407 e. The number of amides is 3. The van der Waals surface area contributed by atoms with Crippen LogP contribution in [0, 0.1) is 6.92 Å². The van der Waals surface area contributed by atoms with Gasteiger partial charge in [0.15, 0.2) is 0 Å². The molecule has 194 valence electrons. The zero-order valence-electron chi connectivity index (χ0n) is 20.7. The molecule has 3 rings (SSSR count). The SMILES string of the molecule is CC(C)NC(=O)N[C@H](CCCNC(=O)OCc1cncs1)Cc1ccccc1.Cc1ccccc1.[HH].[HH].[HH]. The lowest BCUT2D eigenvalue weighted by Gasteiger charge is -2.20. The van der Waals surface area contributed by atoms with Crippen LogP contribution < -0.4 is 16.0 Å². The highest BCUT2D eigenvalue weighted by Gasteiger charge is 2.14. The van der Waals surface area contributed by atoms with E-state index in [1.807, 2.05) is 62.4 Å². The van der Waals surface area contributed by atoms with Crippen LogP contribution in [0.5, 0.6) is 0 Å². The molecule has 1 aromatic heterocycles. The van der Waals surface area contributed by atoms with Gasteiger partial charge < -0.3 is 20.7 Å². The summed E-state index contributed by atoms with van der Waals surface area (Å²) in [5, 5.41) is 8.63. The molecule has 0 aliphatic rings. The van der Waals surface area contributed by atoms with E-state index in [4.69, 9.17) is 4.74 Å². The predicted molar refractivity (Wildman–Crippen MR) is 148 cm³/mol. The number of aryl methyl sites for hydroxylation is 1. The van der Waals surface area contributed by atoms with Gasteiger partial charge in [-0.1, -0.05) is 66.2 Å². The predicted octanol–water partition coefficient (Wildman–Crippen LogP) is 6.20. The van der Waals surface area contributed by atoms with Crippen LogP contribution >= 0.6 is 11.3 Å². The summed E-state index contributed by atoms with van der Waals surface area (Å²) in [4.78, 5) is 28.7. The van der Waals surface area contributed by atoms with Crippen molar-refractivity contribution in [3.63, 3.8) is 0 Å². The molecule has 3 amide bonds. The summed E-state index contributed by atoms with van der Waals surface area (Å²) in [6.07, 6.45) is 3.45. The molecule has 3 N–H and O–H groups in total. The number of ether oxygens (including phenoxy) is 1. The van der Waals surface area contributed by atoms with Crippen molar-refractivity contribution < 1.29 is 18.6 Å². The van der Waals surface area contributed by atoms with Gasteiger partial charge in [0.05, 0.1) is 10.4 Å². The van der Waals surface area contributed by atoms with E-state index in [-0.39, 0.29) is 29.0 Å². The topological polar surface area (TPSA) is 92.4 Å². The first kappa shape index (κ1) is 27.9. The molecule has 2 aromatic carbocycles. The lowest BCUT2D eigenvalue weighted by molar-refractivity contribution is 0.140. The number of carbonyl (C=O) groups excluding carboxylic acids is 2. The van der Waals surface area contributed by atoms with Gasteiger partial charge in [0.2, 0.25) is 0 Å². The van der Waals surface area contributed by atoms with Gasteiger partial charge in [0, 0.05) is 29.1 Å². The highest BCUT2D eigenvalue weighted by Crippen LogP contribution is 2.09. The summed E-state index contributed by atoms with van der Waals surface area (Å²) in [5.41, 5.74) is 4.18. The molecule has 0 spiro atoms. The Morgan fingerprint density at radius 2 is 1.71 bits per heavy atom. The highest BCUT2D eigenvalue weighted by molar-refractivity contribution is 7.09. The molecule has 0 radical (unpaired) electrons. The van der Waals surface area contributed by atoms with Crippen LogP contribution in [-0.2, 0) is 17.8 Å². The monoisotopic (exact) mass is 502 g/mol. The van der Waals surface area contributed by atoms with Crippen LogP contribution in [0.25, 0.3) is 0 Å². The normalized spacial score (nSPS) is 11.1. The van der Waals surface area contributed by atoms with Gasteiger partial charge in [-0.05, 0) is 45.6 Å². The molecule has 0 bridgehead atoms. The second kappa shape index (κ2) is 16.3. The molecular weight excluding hydrogens is 460 g/mol. The third kappa shape index (κ3) is 13.2. The maximum absolute atomic E-state index is 12.1. The molecule has 0 aliphatic carbocycles. The molecule has 1 atom stereocenters. The minimum absolute atomic E-state index is 0. The number of aromatic nitrogens is 1. The van der Waals surface area contributed by atoms with E-state index in [0.29, 0.717) is 6.54 Å². The number of benzene rings is 2. The quantitative estimate of drug-likeness (QED) is 0.288. The molecule has 8 heteroatoms. The summed E-state index contributed by atoms with van der Waals surface area (Å²) >= 11 is 1.45. The van der Waals surface area contributed by atoms with Gasteiger partial charge in [-0.25, -0.2) is 9.59 Å². The van der Waals surface area contributed by atoms with Crippen molar-refractivity contribution in [2.24, 2.45) is 0 Å². The fourth-order valence-electron chi connectivity index (χ4n) is 3.19. The summed E-state index contributed by atoms with van der Waals surface area (Å²) < 4.78 is 5.14. The smallest absolute Gasteiger partial charge is 0.407 e. The largest absolute Gasteiger partial charge is 0.444 e. The first-order valence-electron chi connectivity index (χ1n) is 11.8.